The number of rotatable bonds is 3. The summed E-state index contributed by atoms with van der Waals surface area (Å²) in [5.74, 6) is 0. The van der Waals surface area contributed by atoms with E-state index >= 15 is 0 Å². The second kappa shape index (κ2) is 6.24. The van der Waals surface area contributed by atoms with Crippen LogP contribution in [0.5, 0.6) is 0 Å². The Hall–Kier alpha value is -1.63. The molecule has 1 N–H and O–H groups in total. The van der Waals surface area contributed by atoms with E-state index in [9.17, 15) is 4.79 Å². The number of likely N-dealkylation sites (tertiary alicyclic amines) is 1. The number of urea groups is 1. The Morgan fingerprint density at radius 3 is 3.00 bits per heavy atom. The highest BCUT2D eigenvalue weighted by molar-refractivity contribution is 5.74. The first kappa shape index (κ1) is 15.3. The van der Waals surface area contributed by atoms with Crippen molar-refractivity contribution in [3.63, 3.8) is 0 Å². The summed E-state index contributed by atoms with van der Waals surface area (Å²) in [4.78, 5) is 18.2. The monoisotopic (exact) mass is 307 g/mol. The standard InChI is InChI=1S/C15H25N5O2/c1-15(2)6-5-13(22-15)8-17-14(21)19-7-3-4-12(9-19)20-11-16-10-18-20/h10-13H,3-9H2,1-2H3,(H,17,21)/t12-,13-/m1/s1. The van der Waals surface area contributed by atoms with Crippen molar-refractivity contribution in [2.75, 3.05) is 19.6 Å². The van der Waals surface area contributed by atoms with Gasteiger partial charge in [0.25, 0.3) is 0 Å². The quantitative estimate of drug-likeness (QED) is 0.920. The highest BCUT2D eigenvalue weighted by atomic mass is 16.5. The Labute approximate surface area is 131 Å². The fourth-order valence-electron chi connectivity index (χ4n) is 3.30. The summed E-state index contributed by atoms with van der Waals surface area (Å²) in [6.45, 7) is 6.28. The first-order valence-electron chi connectivity index (χ1n) is 8.08. The van der Waals surface area contributed by atoms with Gasteiger partial charge in [0.2, 0.25) is 0 Å². The molecule has 2 aliphatic rings. The molecule has 3 rings (SSSR count). The van der Waals surface area contributed by atoms with Crippen LogP contribution in [0.3, 0.4) is 0 Å². The highest BCUT2D eigenvalue weighted by Crippen LogP contribution is 2.29. The summed E-state index contributed by atoms with van der Waals surface area (Å²) in [6, 6.07) is 0.224. The third-order valence-corrected chi connectivity index (χ3v) is 4.53. The van der Waals surface area contributed by atoms with Gasteiger partial charge in [-0.1, -0.05) is 0 Å². The van der Waals surface area contributed by atoms with Gasteiger partial charge in [0, 0.05) is 19.6 Å². The van der Waals surface area contributed by atoms with E-state index in [4.69, 9.17) is 4.74 Å². The van der Waals surface area contributed by atoms with Crippen molar-refractivity contribution in [1.82, 2.24) is 25.0 Å². The Morgan fingerprint density at radius 1 is 1.45 bits per heavy atom. The number of hydrogen-bond acceptors (Lipinski definition) is 4. The fourth-order valence-corrected chi connectivity index (χ4v) is 3.30. The van der Waals surface area contributed by atoms with Gasteiger partial charge in [0.15, 0.2) is 0 Å². The number of piperidine rings is 1. The SMILES string of the molecule is CC1(C)CC[C@H](CNC(=O)N2CCC[C@@H](n3cncn3)C2)O1. The number of nitrogens with one attached hydrogen (secondary N) is 1. The zero-order chi connectivity index (χ0) is 15.6. The zero-order valence-electron chi connectivity index (χ0n) is 13.4. The number of hydrogen-bond donors (Lipinski definition) is 1. The summed E-state index contributed by atoms with van der Waals surface area (Å²) >= 11 is 0. The summed E-state index contributed by atoms with van der Waals surface area (Å²) < 4.78 is 7.76. The second-order valence-corrected chi connectivity index (χ2v) is 6.84. The summed E-state index contributed by atoms with van der Waals surface area (Å²) in [5.41, 5.74) is -0.0568. The lowest BCUT2D eigenvalue weighted by Crippen LogP contribution is -2.47. The van der Waals surface area contributed by atoms with Gasteiger partial charge in [-0.2, -0.15) is 5.10 Å². The lowest BCUT2D eigenvalue weighted by atomic mass is 10.1. The Bertz CT molecular complexity index is 502. The second-order valence-electron chi connectivity index (χ2n) is 6.84. The zero-order valence-corrected chi connectivity index (χ0v) is 13.4. The van der Waals surface area contributed by atoms with Crippen molar-refractivity contribution >= 4 is 6.03 Å². The number of amides is 2. The Kier molecular flexibility index (Phi) is 4.33. The third kappa shape index (κ3) is 3.58. The Morgan fingerprint density at radius 2 is 2.32 bits per heavy atom. The van der Waals surface area contributed by atoms with Crippen molar-refractivity contribution in [1.29, 1.82) is 0 Å². The molecule has 2 atom stereocenters. The average Bonchev–Trinajstić information content (AvgIpc) is 3.14. The molecule has 2 saturated heterocycles. The first-order chi connectivity index (χ1) is 10.5. The van der Waals surface area contributed by atoms with Gasteiger partial charge >= 0.3 is 6.03 Å². The van der Waals surface area contributed by atoms with E-state index in [-0.39, 0.29) is 23.8 Å². The van der Waals surface area contributed by atoms with Gasteiger partial charge in [-0.3, -0.25) is 0 Å². The van der Waals surface area contributed by atoms with E-state index in [0.29, 0.717) is 13.1 Å². The van der Waals surface area contributed by atoms with Gasteiger partial charge in [0.1, 0.15) is 12.7 Å². The van der Waals surface area contributed by atoms with Crippen LogP contribution < -0.4 is 5.32 Å². The van der Waals surface area contributed by atoms with Crippen LogP contribution in [0.2, 0.25) is 0 Å². The van der Waals surface area contributed by atoms with Crippen LogP contribution in [-0.2, 0) is 4.74 Å². The molecule has 0 unspecified atom stereocenters. The van der Waals surface area contributed by atoms with Gasteiger partial charge in [0.05, 0.1) is 17.7 Å². The lowest BCUT2D eigenvalue weighted by molar-refractivity contribution is -0.0136. The minimum Gasteiger partial charge on any atom is -0.371 e. The molecule has 7 nitrogen and oxygen atoms in total. The van der Waals surface area contributed by atoms with Crippen LogP contribution in [0.15, 0.2) is 12.7 Å². The molecular formula is C15H25N5O2. The molecule has 0 spiro atoms. The van der Waals surface area contributed by atoms with Gasteiger partial charge in [-0.05, 0) is 39.5 Å². The largest absolute Gasteiger partial charge is 0.371 e. The number of carbonyl (C=O) groups is 1. The van der Waals surface area contributed by atoms with Crippen molar-refractivity contribution in [2.45, 2.75) is 57.3 Å². The van der Waals surface area contributed by atoms with E-state index in [1.807, 2.05) is 9.58 Å². The maximum Gasteiger partial charge on any atom is 0.317 e. The molecule has 1 aromatic rings. The predicted molar refractivity (Wildman–Crippen MR) is 81.5 cm³/mol. The van der Waals surface area contributed by atoms with Crippen LogP contribution in [0.4, 0.5) is 4.79 Å². The third-order valence-electron chi connectivity index (χ3n) is 4.53. The van der Waals surface area contributed by atoms with E-state index in [0.717, 1.165) is 32.2 Å². The molecule has 2 fully saturated rings. The van der Waals surface area contributed by atoms with Crippen molar-refractivity contribution in [2.24, 2.45) is 0 Å². The molecule has 0 saturated carbocycles. The van der Waals surface area contributed by atoms with Crippen molar-refractivity contribution in [3.8, 4) is 0 Å². The molecule has 0 aromatic carbocycles. The van der Waals surface area contributed by atoms with E-state index in [1.165, 1.54) is 6.33 Å². The topological polar surface area (TPSA) is 72.3 Å². The first-order valence-corrected chi connectivity index (χ1v) is 8.08. The van der Waals surface area contributed by atoms with Crippen molar-refractivity contribution in [3.05, 3.63) is 12.7 Å². The number of ether oxygens (including phenoxy) is 1. The van der Waals surface area contributed by atoms with Crippen LogP contribution in [-0.4, -0.2) is 57.0 Å². The van der Waals surface area contributed by atoms with Gasteiger partial charge in [-0.25, -0.2) is 14.5 Å². The minimum atomic E-state index is -0.0568. The summed E-state index contributed by atoms with van der Waals surface area (Å²) in [7, 11) is 0. The molecule has 7 heteroatoms. The average molecular weight is 307 g/mol. The predicted octanol–water partition coefficient (Wildman–Crippen LogP) is 1.58. The highest BCUT2D eigenvalue weighted by Gasteiger charge is 2.32. The van der Waals surface area contributed by atoms with E-state index < -0.39 is 0 Å². The molecule has 1 aromatic heterocycles. The maximum atomic E-state index is 12.3. The smallest absolute Gasteiger partial charge is 0.317 e. The molecule has 3 heterocycles. The molecule has 122 valence electrons. The van der Waals surface area contributed by atoms with Crippen LogP contribution in [0.1, 0.15) is 45.6 Å². The molecule has 2 amide bonds. The molecular weight excluding hydrogens is 282 g/mol. The van der Waals surface area contributed by atoms with E-state index in [2.05, 4.69) is 29.2 Å². The fraction of sp³-hybridized carbons (Fsp3) is 0.800. The normalized spacial score (nSPS) is 27.8. The number of carbonyl (C=O) groups excluding carboxylic acids is 1. The van der Waals surface area contributed by atoms with Gasteiger partial charge < -0.3 is 15.0 Å². The number of nitrogens with zero attached hydrogens (tertiary/aromatic N) is 4. The van der Waals surface area contributed by atoms with Crippen LogP contribution >= 0.6 is 0 Å². The minimum absolute atomic E-state index is 0.00174. The van der Waals surface area contributed by atoms with Crippen LogP contribution in [0, 0.1) is 0 Å². The Balaban J connectivity index is 1.48. The van der Waals surface area contributed by atoms with Gasteiger partial charge in [-0.15, -0.1) is 0 Å². The molecule has 0 radical (unpaired) electrons. The van der Waals surface area contributed by atoms with Crippen LogP contribution in [0.25, 0.3) is 0 Å². The summed E-state index contributed by atoms with van der Waals surface area (Å²) in [5, 5.41) is 7.20. The van der Waals surface area contributed by atoms with Crippen molar-refractivity contribution < 1.29 is 9.53 Å². The molecule has 0 bridgehead atoms. The molecule has 22 heavy (non-hydrogen) atoms. The lowest BCUT2D eigenvalue weighted by Gasteiger charge is -2.33. The molecule has 0 aliphatic carbocycles. The summed E-state index contributed by atoms with van der Waals surface area (Å²) in [6.07, 6.45) is 7.48. The molecule has 2 aliphatic heterocycles. The number of aromatic nitrogens is 3. The maximum absolute atomic E-state index is 12.3. The van der Waals surface area contributed by atoms with E-state index in [1.54, 1.807) is 6.33 Å².